The molecular formula is C9H9NO. The lowest BCUT2D eigenvalue weighted by Crippen LogP contribution is -1.79. The van der Waals surface area contributed by atoms with Crippen LogP contribution in [0.5, 0.6) is 0 Å². The van der Waals surface area contributed by atoms with Gasteiger partial charge in [-0.05, 0) is 6.72 Å². The molecule has 0 saturated carbocycles. The Morgan fingerprint density at radius 3 is 2.55 bits per heavy atom. The molecule has 2 nitrogen and oxygen atoms in total. The fraction of sp³-hybridized carbons (Fsp3) is 0. The topological polar surface area (TPSA) is 32.6 Å². The van der Waals surface area contributed by atoms with Gasteiger partial charge in [-0.3, -0.25) is 4.99 Å². The van der Waals surface area contributed by atoms with Gasteiger partial charge in [-0.2, -0.15) is 0 Å². The molecule has 0 unspecified atom stereocenters. The van der Waals surface area contributed by atoms with E-state index in [9.17, 15) is 5.11 Å². The Morgan fingerprint density at radius 2 is 2.00 bits per heavy atom. The van der Waals surface area contributed by atoms with Crippen molar-refractivity contribution in [3.63, 3.8) is 0 Å². The standard InChI is InChI=1S/C9H9NO/c1-10-7-9(11)8-5-3-2-4-6-8/h2-7,11H,1H2/b9-7-. The Bertz CT molecular complexity index is 264. The normalized spacial score (nSPS) is 11.1. The van der Waals surface area contributed by atoms with Crippen LogP contribution in [0, 0.1) is 0 Å². The number of rotatable bonds is 2. The van der Waals surface area contributed by atoms with Gasteiger partial charge in [0.1, 0.15) is 5.76 Å². The van der Waals surface area contributed by atoms with Crippen molar-refractivity contribution in [2.75, 3.05) is 0 Å². The lowest BCUT2D eigenvalue weighted by atomic mass is 10.2. The second kappa shape index (κ2) is 3.56. The Morgan fingerprint density at radius 1 is 1.36 bits per heavy atom. The number of benzene rings is 1. The van der Waals surface area contributed by atoms with E-state index in [1.54, 1.807) is 12.1 Å². The Hall–Kier alpha value is -1.57. The van der Waals surface area contributed by atoms with Gasteiger partial charge < -0.3 is 5.11 Å². The molecule has 0 fully saturated rings. The minimum Gasteiger partial charge on any atom is -0.506 e. The van der Waals surface area contributed by atoms with Gasteiger partial charge in [0.2, 0.25) is 0 Å². The second-order valence-electron chi connectivity index (χ2n) is 2.06. The quantitative estimate of drug-likeness (QED) is 0.505. The number of hydrogen-bond acceptors (Lipinski definition) is 2. The fourth-order valence-electron chi connectivity index (χ4n) is 0.770. The van der Waals surface area contributed by atoms with E-state index in [-0.39, 0.29) is 5.76 Å². The molecule has 0 bridgehead atoms. The molecule has 1 rings (SSSR count). The number of aliphatic hydroxyl groups excluding tert-OH is 1. The predicted octanol–water partition coefficient (Wildman–Crippen LogP) is 2.24. The summed E-state index contributed by atoms with van der Waals surface area (Å²) in [5.74, 6) is 0.139. The largest absolute Gasteiger partial charge is 0.506 e. The number of nitrogens with zero attached hydrogens (tertiary/aromatic N) is 1. The van der Waals surface area contributed by atoms with Crippen LogP contribution in [-0.2, 0) is 0 Å². The zero-order valence-electron chi connectivity index (χ0n) is 6.07. The highest BCUT2D eigenvalue weighted by molar-refractivity contribution is 5.58. The van der Waals surface area contributed by atoms with Crippen molar-refractivity contribution >= 4 is 12.5 Å². The predicted molar refractivity (Wildman–Crippen MR) is 46.6 cm³/mol. The molecule has 0 amide bonds. The van der Waals surface area contributed by atoms with Gasteiger partial charge in [-0.1, -0.05) is 30.3 Å². The fourth-order valence-corrected chi connectivity index (χ4v) is 0.770. The van der Waals surface area contributed by atoms with Crippen molar-refractivity contribution in [1.29, 1.82) is 0 Å². The van der Waals surface area contributed by atoms with Crippen LogP contribution >= 0.6 is 0 Å². The molecular weight excluding hydrogens is 138 g/mol. The van der Waals surface area contributed by atoms with Crippen molar-refractivity contribution in [3.05, 3.63) is 42.1 Å². The Labute approximate surface area is 65.5 Å². The van der Waals surface area contributed by atoms with Crippen molar-refractivity contribution in [3.8, 4) is 0 Å². The maximum absolute atomic E-state index is 9.25. The van der Waals surface area contributed by atoms with E-state index in [1.807, 2.05) is 18.2 Å². The molecule has 2 heteroatoms. The summed E-state index contributed by atoms with van der Waals surface area (Å²) in [6.45, 7) is 3.24. The Balaban J connectivity index is 2.94. The van der Waals surface area contributed by atoms with Gasteiger partial charge in [-0.25, -0.2) is 0 Å². The first-order valence-corrected chi connectivity index (χ1v) is 3.25. The van der Waals surface area contributed by atoms with Gasteiger partial charge in [-0.15, -0.1) is 0 Å². The van der Waals surface area contributed by atoms with Crippen molar-refractivity contribution in [2.45, 2.75) is 0 Å². The molecule has 0 saturated heterocycles. The molecule has 0 aliphatic carbocycles. The van der Waals surface area contributed by atoms with Crippen molar-refractivity contribution in [1.82, 2.24) is 0 Å². The molecule has 1 aromatic rings. The minimum atomic E-state index is 0.139. The molecule has 0 spiro atoms. The molecule has 0 aliphatic rings. The average Bonchev–Trinajstić information content (AvgIpc) is 2.07. The Kier molecular flexibility index (Phi) is 2.44. The van der Waals surface area contributed by atoms with E-state index in [1.165, 1.54) is 6.20 Å². The molecule has 11 heavy (non-hydrogen) atoms. The summed E-state index contributed by atoms with van der Waals surface area (Å²) in [4.78, 5) is 3.45. The highest BCUT2D eigenvalue weighted by atomic mass is 16.3. The smallest absolute Gasteiger partial charge is 0.140 e. The highest BCUT2D eigenvalue weighted by Crippen LogP contribution is 2.09. The number of aliphatic hydroxyl groups is 1. The molecule has 0 heterocycles. The van der Waals surface area contributed by atoms with Crippen LogP contribution in [0.1, 0.15) is 5.56 Å². The van der Waals surface area contributed by atoms with Crippen LogP contribution in [-0.4, -0.2) is 11.8 Å². The maximum Gasteiger partial charge on any atom is 0.140 e. The summed E-state index contributed by atoms with van der Waals surface area (Å²) in [5.41, 5.74) is 0.750. The summed E-state index contributed by atoms with van der Waals surface area (Å²) in [5, 5.41) is 9.25. The summed E-state index contributed by atoms with van der Waals surface area (Å²) < 4.78 is 0. The SMILES string of the molecule is C=N/C=C(\O)c1ccccc1. The van der Waals surface area contributed by atoms with E-state index >= 15 is 0 Å². The molecule has 0 aromatic heterocycles. The number of hydrogen-bond donors (Lipinski definition) is 1. The van der Waals surface area contributed by atoms with E-state index < -0.39 is 0 Å². The average molecular weight is 147 g/mol. The third-order valence-corrected chi connectivity index (χ3v) is 1.28. The molecule has 0 aliphatic heterocycles. The van der Waals surface area contributed by atoms with E-state index in [4.69, 9.17) is 0 Å². The lowest BCUT2D eigenvalue weighted by Gasteiger charge is -1.95. The summed E-state index contributed by atoms with van der Waals surface area (Å²) in [6.07, 6.45) is 1.31. The van der Waals surface area contributed by atoms with Gasteiger partial charge in [0.05, 0.1) is 6.20 Å². The molecule has 0 atom stereocenters. The zero-order chi connectivity index (χ0) is 8.10. The van der Waals surface area contributed by atoms with Crippen LogP contribution in [0.3, 0.4) is 0 Å². The summed E-state index contributed by atoms with van der Waals surface area (Å²) >= 11 is 0. The highest BCUT2D eigenvalue weighted by Gasteiger charge is 1.93. The second-order valence-corrected chi connectivity index (χ2v) is 2.06. The monoisotopic (exact) mass is 147 g/mol. The lowest BCUT2D eigenvalue weighted by molar-refractivity contribution is 0.510. The van der Waals surface area contributed by atoms with E-state index in [2.05, 4.69) is 11.7 Å². The molecule has 1 N–H and O–H groups in total. The molecule has 1 aromatic carbocycles. The van der Waals surface area contributed by atoms with Crippen molar-refractivity contribution < 1.29 is 5.11 Å². The van der Waals surface area contributed by atoms with Crippen LogP contribution in [0.4, 0.5) is 0 Å². The van der Waals surface area contributed by atoms with Crippen LogP contribution in [0.25, 0.3) is 5.76 Å². The van der Waals surface area contributed by atoms with Crippen LogP contribution < -0.4 is 0 Å². The zero-order valence-corrected chi connectivity index (χ0v) is 6.07. The van der Waals surface area contributed by atoms with Gasteiger partial charge in [0.15, 0.2) is 0 Å². The minimum absolute atomic E-state index is 0.139. The van der Waals surface area contributed by atoms with Crippen LogP contribution in [0.2, 0.25) is 0 Å². The first-order chi connectivity index (χ1) is 5.34. The van der Waals surface area contributed by atoms with E-state index in [0.717, 1.165) is 5.56 Å². The van der Waals surface area contributed by atoms with Gasteiger partial charge in [0, 0.05) is 5.56 Å². The first kappa shape index (κ1) is 7.54. The van der Waals surface area contributed by atoms with E-state index in [0.29, 0.717) is 0 Å². The van der Waals surface area contributed by atoms with Crippen LogP contribution in [0.15, 0.2) is 41.5 Å². The number of aliphatic imine (C=N–C) groups is 1. The van der Waals surface area contributed by atoms with Gasteiger partial charge in [0.25, 0.3) is 0 Å². The molecule has 56 valence electrons. The molecule has 0 radical (unpaired) electrons. The first-order valence-electron chi connectivity index (χ1n) is 3.25. The third-order valence-electron chi connectivity index (χ3n) is 1.28. The van der Waals surface area contributed by atoms with Crippen molar-refractivity contribution in [2.24, 2.45) is 4.99 Å². The maximum atomic E-state index is 9.25. The van der Waals surface area contributed by atoms with Gasteiger partial charge >= 0.3 is 0 Å². The third kappa shape index (κ3) is 1.93. The summed E-state index contributed by atoms with van der Waals surface area (Å²) in [6, 6.07) is 9.19. The summed E-state index contributed by atoms with van der Waals surface area (Å²) in [7, 11) is 0.